The molecule has 0 spiro atoms. The molecule has 0 heterocycles. The van der Waals surface area contributed by atoms with E-state index in [1.165, 1.54) is 12.1 Å². The number of hydrazine groups is 1. The number of anilines is 1. The number of hydrogen-bond donors (Lipinski definition) is 3. The lowest BCUT2D eigenvalue weighted by Crippen LogP contribution is -2.55. The van der Waals surface area contributed by atoms with E-state index >= 15 is 0 Å². The number of benzene rings is 2. The molecule has 2 atom stereocenters. The molecule has 2 amide bonds. The van der Waals surface area contributed by atoms with Gasteiger partial charge in [0, 0.05) is 11.3 Å². The van der Waals surface area contributed by atoms with Gasteiger partial charge in [-0.2, -0.15) is 0 Å². The molecule has 3 N–H and O–H groups in total. The summed E-state index contributed by atoms with van der Waals surface area (Å²) in [5, 5.41) is 3.25. The van der Waals surface area contributed by atoms with Gasteiger partial charge in [-0.3, -0.25) is 20.4 Å². The molecular weight excluding hydrogens is 603 g/mol. The van der Waals surface area contributed by atoms with Crippen molar-refractivity contribution in [2.75, 3.05) is 5.32 Å². The molecule has 2 rings (SSSR count). The van der Waals surface area contributed by atoms with Crippen LogP contribution in [-0.2, 0) is 9.22 Å². The fourth-order valence-corrected chi connectivity index (χ4v) is 6.26. The van der Waals surface area contributed by atoms with E-state index in [0.717, 1.165) is 6.07 Å². The van der Waals surface area contributed by atoms with Crippen LogP contribution in [0.4, 0.5) is 15.8 Å². The highest BCUT2D eigenvalue weighted by atomic mass is 35.5. The first-order valence-electron chi connectivity index (χ1n) is 14.2. The highest BCUT2D eigenvalue weighted by molar-refractivity contribution is 6.75. The van der Waals surface area contributed by atoms with Crippen LogP contribution in [0.3, 0.4) is 0 Å². The van der Waals surface area contributed by atoms with Gasteiger partial charge in [-0.05, 0) is 79.9 Å². The maximum absolute atomic E-state index is 15.0. The Balaban J connectivity index is 2.28. The van der Waals surface area contributed by atoms with Crippen LogP contribution in [0.2, 0.25) is 41.3 Å². The molecule has 0 radical (unpaired) electrons. The van der Waals surface area contributed by atoms with Crippen molar-refractivity contribution in [3.63, 3.8) is 0 Å². The van der Waals surface area contributed by atoms with Crippen molar-refractivity contribution in [2.45, 2.75) is 104 Å². The predicted octanol–water partition coefficient (Wildman–Crippen LogP) is 8.37. The summed E-state index contributed by atoms with van der Waals surface area (Å²) in [5.41, 5.74) is 6.33. The van der Waals surface area contributed by atoms with E-state index in [4.69, 9.17) is 27.0 Å². The fourth-order valence-electron chi connectivity index (χ4n) is 3.61. The third-order valence-corrected chi connectivity index (χ3v) is 17.9. The third kappa shape index (κ3) is 8.82. The van der Waals surface area contributed by atoms with E-state index < -0.39 is 46.4 Å². The largest absolute Gasteiger partial charge is 0.542 e. The van der Waals surface area contributed by atoms with Crippen LogP contribution in [0, 0.1) is 19.3 Å². The molecule has 0 aliphatic rings. The molecule has 0 unspecified atom stereocenters. The smallest absolute Gasteiger partial charge is 0.269 e. The van der Waals surface area contributed by atoms with E-state index in [2.05, 4.69) is 75.6 Å². The Morgan fingerprint density at radius 1 is 0.977 bits per heavy atom. The van der Waals surface area contributed by atoms with Crippen LogP contribution in [0.1, 0.15) is 64.4 Å². The first-order valence-corrected chi connectivity index (χ1v) is 20.4. The number of carbonyl (C=O) groups is 2. The van der Waals surface area contributed by atoms with Crippen molar-refractivity contribution in [1.82, 2.24) is 10.9 Å². The fraction of sp³-hybridized carbons (Fsp3) is 0.516. The summed E-state index contributed by atoms with van der Waals surface area (Å²) in [4.78, 5) is 29.9. The first-order chi connectivity index (χ1) is 19.5. The maximum Gasteiger partial charge on any atom is 0.269 e. The Kier molecular flexibility index (Phi) is 11.3. The van der Waals surface area contributed by atoms with Crippen molar-refractivity contribution in [2.24, 2.45) is 0 Å². The molecule has 12 heteroatoms. The second kappa shape index (κ2) is 13.4. The zero-order valence-electron chi connectivity index (χ0n) is 27.4. The predicted molar refractivity (Wildman–Crippen MR) is 177 cm³/mol. The Morgan fingerprint density at radius 3 is 2.07 bits per heavy atom. The highest BCUT2D eigenvalue weighted by Crippen LogP contribution is 2.39. The average molecular weight is 649 g/mol. The molecule has 8 nitrogen and oxygen atoms in total. The Morgan fingerprint density at radius 2 is 1.56 bits per heavy atom. The van der Waals surface area contributed by atoms with Gasteiger partial charge in [0.05, 0.1) is 17.7 Å². The Bertz CT molecular complexity index is 1400. The standard InChI is InChI=1S/C31H46ClFN4O4Si2/c1-19-23(15-16-24(34-9)26(19)32)35-27(20(2)40-42(10,11)30(3,4)5)29(39)37-36-28(38)21-14-17-25(22(33)18-21)41-43(12,13)31(6,7)8/h14-18,20,27,35H,1-8,10-13H3,(H,36,38)(H,37,39)/t20-,27+/m0/s1. The lowest BCUT2D eigenvalue weighted by Gasteiger charge is -2.40. The minimum Gasteiger partial charge on any atom is -0.542 e. The summed E-state index contributed by atoms with van der Waals surface area (Å²) in [6.45, 7) is 31.5. The van der Waals surface area contributed by atoms with Crippen molar-refractivity contribution in [1.29, 1.82) is 0 Å². The van der Waals surface area contributed by atoms with Crippen LogP contribution >= 0.6 is 11.6 Å². The van der Waals surface area contributed by atoms with Crippen LogP contribution in [0.15, 0.2) is 30.3 Å². The van der Waals surface area contributed by atoms with Crippen LogP contribution < -0.4 is 20.6 Å². The van der Waals surface area contributed by atoms with Gasteiger partial charge in [-0.15, -0.1) is 0 Å². The van der Waals surface area contributed by atoms with Crippen LogP contribution in [0.25, 0.3) is 4.85 Å². The molecule has 0 aliphatic heterocycles. The molecule has 236 valence electrons. The van der Waals surface area contributed by atoms with Crippen LogP contribution in [0.5, 0.6) is 5.75 Å². The second-order valence-corrected chi connectivity index (χ2v) is 23.7. The first kappa shape index (κ1) is 36.3. The number of halogens is 2. The molecular formula is C31H46ClFN4O4Si2. The van der Waals surface area contributed by atoms with E-state index in [9.17, 15) is 14.0 Å². The van der Waals surface area contributed by atoms with E-state index in [1.54, 1.807) is 26.0 Å². The van der Waals surface area contributed by atoms with Gasteiger partial charge in [0.15, 0.2) is 14.1 Å². The molecule has 0 saturated carbocycles. The minimum absolute atomic E-state index is 0.0211. The number of carbonyl (C=O) groups excluding carboxylic acids is 2. The van der Waals surface area contributed by atoms with Crippen molar-refractivity contribution in [3.05, 3.63) is 63.7 Å². The molecule has 0 aliphatic carbocycles. The number of nitrogens with zero attached hydrogens (tertiary/aromatic N) is 1. The Hall–Kier alpha value is -2.92. The summed E-state index contributed by atoms with van der Waals surface area (Å²) in [5.74, 6) is -1.83. The topological polar surface area (TPSA) is 93.1 Å². The molecule has 0 aromatic heterocycles. The number of rotatable bonds is 9. The van der Waals surface area contributed by atoms with Crippen molar-refractivity contribution < 1.29 is 22.8 Å². The Labute approximate surface area is 263 Å². The zero-order valence-corrected chi connectivity index (χ0v) is 30.1. The van der Waals surface area contributed by atoms with Crippen molar-refractivity contribution >= 4 is 51.4 Å². The summed E-state index contributed by atoms with van der Waals surface area (Å²) in [7, 11) is -4.58. The number of hydrogen-bond acceptors (Lipinski definition) is 5. The second-order valence-electron chi connectivity index (χ2n) is 13.8. The van der Waals surface area contributed by atoms with E-state index in [1.807, 2.05) is 13.1 Å². The van der Waals surface area contributed by atoms with Crippen molar-refractivity contribution in [3.8, 4) is 5.75 Å². The SMILES string of the molecule is [C-]#[N+]c1ccc(N[C@@H](C(=O)NNC(=O)c2ccc(O[Si](C)(C)C(C)(C)C)c(F)c2)[C@H](C)O[Si](C)(C)C(C)(C)C)c(C)c1Cl. The van der Waals surface area contributed by atoms with Gasteiger partial charge in [-0.25, -0.2) is 9.24 Å². The monoisotopic (exact) mass is 648 g/mol. The molecule has 0 bridgehead atoms. The highest BCUT2D eigenvalue weighted by Gasteiger charge is 2.41. The van der Waals surface area contributed by atoms with Gasteiger partial charge < -0.3 is 14.2 Å². The van der Waals surface area contributed by atoms with E-state index in [-0.39, 0.29) is 26.4 Å². The van der Waals surface area contributed by atoms with E-state index in [0.29, 0.717) is 16.9 Å². The zero-order chi connectivity index (χ0) is 33.1. The maximum atomic E-state index is 15.0. The molecule has 2 aromatic rings. The van der Waals surface area contributed by atoms with Gasteiger partial charge in [0.1, 0.15) is 11.8 Å². The molecule has 43 heavy (non-hydrogen) atoms. The normalized spacial score (nSPS) is 13.9. The van der Waals surface area contributed by atoms with Crippen LogP contribution in [-0.4, -0.2) is 40.6 Å². The average Bonchev–Trinajstić information content (AvgIpc) is 2.87. The summed E-state index contributed by atoms with van der Waals surface area (Å²) in [6.07, 6.45) is -0.610. The number of amides is 2. The van der Waals surface area contributed by atoms with Gasteiger partial charge >= 0.3 is 0 Å². The minimum atomic E-state index is -2.30. The summed E-state index contributed by atoms with van der Waals surface area (Å²) < 4.78 is 27.5. The quantitative estimate of drug-likeness (QED) is 0.144. The summed E-state index contributed by atoms with van der Waals surface area (Å²) >= 11 is 6.39. The van der Waals surface area contributed by atoms with Gasteiger partial charge in [0.2, 0.25) is 5.69 Å². The third-order valence-electron chi connectivity index (χ3n) is 8.50. The molecule has 0 saturated heterocycles. The van der Waals surface area contributed by atoms with Gasteiger partial charge in [0.25, 0.3) is 20.1 Å². The molecule has 0 fully saturated rings. The lowest BCUT2D eigenvalue weighted by molar-refractivity contribution is -0.124. The lowest BCUT2D eigenvalue weighted by atomic mass is 10.1. The van der Waals surface area contributed by atoms with Gasteiger partial charge in [-0.1, -0.05) is 59.2 Å². The summed E-state index contributed by atoms with van der Waals surface area (Å²) in [6, 6.07) is 6.30. The molecule has 2 aromatic carbocycles. The number of nitrogens with one attached hydrogen (secondary N) is 3.